The molecule has 1 aliphatic heterocycles. The van der Waals surface area contributed by atoms with Crippen molar-refractivity contribution in [3.8, 4) is 5.75 Å². The van der Waals surface area contributed by atoms with Crippen molar-refractivity contribution in [2.24, 2.45) is 4.99 Å². The van der Waals surface area contributed by atoms with Gasteiger partial charge in [-0.3, -0.25) is 0 Å². The summed E-state index contributed by atoms with van der Waals surface area (Å²) >= 11 is 18.3. The molecule has 1 aliphatic rings. The average molecular weight is 459 g/mol. The van der Waals surface area contributed by atoms with Gasteiger partial charge in [-0.25, -0.2) is 9.79 Å². The Labute approximate surface area is 188 Å². The quantitative estimate of drug-likeness (QED) is 0.321. The Morgan fingerprint density at radius 1 is 0.933 bits per heavy atom. The van der Waals surface area contributed by atoms with Gasteiger partial charge in [0.2, 0.25) is 5.90 Å². The number of hydrogen-bond acceptors (Lipinski definition) is 4. The van der Waals surface area contributed by atoms with Crippen LogP contribution in [0.2, 0.25) is 15.1 Å². The standard InChI is InChI=1S/C23H14Cl3NO3/c24-16-8-9-18(20(26)12-16)22-27-21(23(28)30-22)11-14-4-3-6-17(10-14)29-13-15-5-1-2-7-19(15)25/h1-12H,13H2/b21-11-. The number of hydrogen-bond donors (Lipinski definition) is 0. The number of carbonyl (C=O) groups is 1. The van der Waals surface area contributed by atoms with E-state index < -0.39 is 5.97 Å². The third kappa shape index (κ3) is 4.68. The maximum absolute atomic E-state index is 12.3. The molecule has 0 saturated carbocycles. The van der Waals surface area contributed by atoms with E-state index in [2.05, 4.69) is 4.99 Å². The summed E-state index contributed by atoms with van der Waals surface area (Å²) in [5.41, 5.74) is 2.29. The molecule has 0 amide bonds. The Hall–Kier alpha value is -2.79. The smallest absolute Gasteiger partial charge is 0.363 e. The number of carbonyl (C=O) groups excluding carboxylic acids is 1. The van der Waals surface area contributed by atoms with Crippen LogP contribution < -0.4 is 4.74 Å². The summed E-state index contributed by atoms with van der Waals surface area (Å²) in [5, 5.41) is 1.48. The second-order valence-corrected chi connectivity index (χ2v) is 7.66. The molecule has 0 N–H and O–H groups in total. The summed E-state index contributed by atoms with van der Waals surface area (Å²) in [7, 11) is 0. The van der Waals surface area contributed by atoms with Gasteiger partial charge in [0.15, 0.2) is 5.70 Å². The highest BCUT2D eigenvalue weighted by molar-refractivity contribution is 6.37. The number of aliphatic imine (C=N–C) groups is 1. The van der Waals surface area contributed by atoms with Crippen LogP contribution in [0, 0.1) is 0 Å². The lowest BCUT2D eigenvalue weighted by atomic mass is 10.2. The molecule has 1 heterocycles. The lowest BCUT2D eigenvalue weighted by Gasteiger charge is -2.08. The summed E-state index contributed by atoms with van der Waals surface area (Å²) in [6.45, 7) is 0.332. The predicted octanol–water partition coefficient (Wildman–Crippen LogP) is 6.57. The number of cyclic esters (lactones) is 1. The number of nitrogens with zero attached hydrogens (tertiary/aromatic N) is 1. The fourth-order valence-electron chi connectivity index (χ4n) is 2.82. The van der Waals surface area contributed by atoms with Crippen molar-refractivity contribution in [1.29, 1.82) is 0 Å². The van der Waals surface area contributed by atoms with Crippen LogP contribution in [0.15, 0.2) is 77.4 Å². The fraction of sp³-hybridized carbons (Fsp3) is 0.0435. The average Bonchev–Trinajstić information content (AvgIpc) is 3.07. The van der Waals surface area contributed by atoms with Gasteiger partial charge in [-0.2, -0.15) is 0 Å². The van der Waals surface area contributed by atoms with Crippen molar-refractivity contribution in [2.45, 2.75) is 6.61 Å². The first kappa shape index (κ1) is 20.5. The van der Waals surface area contributed by atoms with E-state index >= 15 is 0 Å². The Kier molecular flexibility index (Phi) is 6.09. The van der Waals surface area contributed by atoms with Gasteiger partial charge in [-0.05, 0) is 48.0 Å². The van der Waals surface area contributed by atoms with Gasteiger partial charge in [0.25, 0.3) is 0 Å². The minimum absolute atomic E-state index is 0.138. The van der Waals surface area contributed by atoms with E-state index in [1.165, 1.54) is 0 Å². The highest BCUT2D eigenvalue weighted by atomic mass is 35.5. The van der Waals surface area contributed by atoms with E-state index in [-0.39, 0.29) is 11.6 Å². The van der Waals surface area contributed by atoms with Gasteiger partial charge in [0.1, 0.15) is 12.4 Å². The van der Waals surface area contributed by atoms with Gasteiger partial charge in [-0.15, -0.1) is 0 Å². The van der Waals surface area contributed by atoms with Crippen LogP contribution in [0.5, 0.6) is 5.75 Å². The number of esters is 1. The van der Waals surface area contributed by atoms with E-state index in [9.17, 15) is 4.79 Å². The van der Waals surface area contributed by atoms with E-state index in [0.717, 1.165) is 11.1 Å². The maximum atomic E-state index is 12.3. The second-order valence-electron chi connectivity index (χ2n) is 6.41. The monoisotopic (exact) mass is 457 g/mol. The van der Waals surface area contributed by atoms with Gasteiger partial charge in [0, 0.05) is 15.6 Å². The molecule has 30 heavy (non-hydrogen) atoms. The zero-order valence-corrected chi connectivity index (χ0v) is 17.7. The van der Waals surface area contributed by atoms with Gasteiger partial charge < -0.3 is 9.47 Å². The molecule has 0 aliphatic carbocycles. The molecule has 3 aromatic carbocycles. The highest BCUT2D eigenvalue weighted by Crippen LogP contribution is 2.27. The predicted molar refractivity (Wildman–Crippen MR) is 119 cm³/mol. The molecule has 3 aromatic rings. The largest absolute Gasteiger partial charge is 0.489 e. The maximum Gasteiger partial charge on any atom is 0.363 e. The molecular formula is C23H14Cl3NO3. The summed E-state index contributed by atoms with van der Waals surface area (Å²) in [4.78, 5) is 16.5. The van der Waals surface area contributed by atoms with E-state index in [1.807, 2.05) is 42.5 Å². The number of benzene rings is 3. The Bertz CT molecular complexity index is 1190. The van der Waals surface area contributed by atoms with Crippen molar-refractivity contribution in [3.05, 3.63) is 104 Å². The van der Waals surface area contributed by atoms with Crippen molar-refractivity contribution in [3.63, 3.8) is 0 Å². The third-order valence-electron chi connectivity index (χ3n) is 4.30. The number of ether oxygens (including phenoxy) is 2. The van der Waals surface area contributed by atoms with Crippen LogP contribution in [-0.4, -0.2) is 11.9 Å². The minimum Gasteiger partial charge on any atom is -0.489 e. The van der Waals surface area contributed by atoms with Gasteiger partial charge in [0.05, 0.1) is 10.6 Å². The van der Waals surface area contributed by atoms with E-state index in [4.69, 9.17) is 44.3 Å². The minimum atomic E-state index is -0.557. The Morgan fingerprint density at radius 2 is 1.77 bits per heavy atom. The van der Waals surface area contributed by atoms with E-state index in [1.54, 1.807) is 30.3 Å². The molecule has 0 bridgehead atoms. The topological polar surface area (TPSA) is 47.9 Å². The zero-order valence-electron chi connectivity index (χ0n) is 15.4. The molecule has 4 rings (SSSR count). The second kappa shape index (κ2) is 8.92. The highest BCUT2D eigenvalue weighted by Gasteiger charge is 2.25. The number of halogens is 3. The Morgan fingerprint density at radius 3 is 2.57 bits per heavy atom. The zero-order chi connectivity index (χ0) is 21.1. The van der Waals surface area contributed by atoms with Crippen LogP contribution in [-0.2, 0) is 16.1 Å². The van der Waals surface area contributed by atoms with Gasteiger partial charge >= 0.3 is 5.97 Å². The molecule has 7 heteroatoms. The molecule has 0 radical (unpaired) electrons. The lowest BCUT2D eigenvalue weighted by molar-refractivity contribution is -0.129. The summed E-state index contributed by atoms with van der Waals surface area (Å²) < 4.78 is 11.1. The van der Waals surface area contributed by atoms with Crippen molar-refractivity contribution < 1.29 is 14.3 Å². The van der Waals surface area contributed by atoms with Crippen LogP contribution in [0.25, 0.3) is 6.08 Å². The number of rotatable bonds is 5. The summed E-state index contributed by atoms with van der Waals surface area (Å²) in [6.07, 6.45) is 1.63. The van der Waals surface area contributed by atoms with Crippen molar-refractivity contribution >= 4 is 52.7 Å². The first-order chi connectivity index (χ1) is 14.5. The fourth-order valence-corrected chi connectivity index (χ4v) is 3.50. The molecule has 0 spiro atoms. The third-order valence-corrected chi connectivity index (χ3v) is 5.21. The molecule has 0 saturated heterocycles. The Balaban J connectivity index is 1.54. The SMILES string of the molecule is O=C1OC(c2ccc(Cl)cc2Cl)=N/C1=C\c1cccc(OCc2ccccc2Cl)c1. The summed E-state index contributed by atoms with van der Waals surface area (Å²) in [6, 6.07) is 19.7. The molecule has 0 atom stereocenters. The normalized spacial score (nSPS) is 14.6. The molecule has 4 nitrogen and oxygen atoms in total. The van der Waals surface area contributed by atoms with Gasteiger partial charge in [-0.1, -0.05) is 65.1 Å². The first-order valence-corrected chi connectivity index (χ1v) is 10.1. The van der Waals surface area contributed by atoms with Crippen LogP contribution in [0.3, 0.4) is 0 Å². The summed E-state index contributed by atoms with van der Waals surface area (Å²) in [5.74, 6) is 0.220. The molecule has 0 aromatic heterocycles. The van der Waals surface area contributed by atoms with Crippen LogP contribution >= 0.6 is 34.8 Å². The molecular weight excluding hydrogens is 445 g/mol. The molecule has 0 fully saturated rings. The molecule has 150 valence electrons. The van der Waals surface area contributed by atoms with Crippen molar-refractivity contribution in [1.82, 2.24) is 0 Å². The molecule has 0 unspecified atom stereocenters. The van der Waals surface area contributed by atoms with Crippen LogP contribution in [0.1, 0.15) is 16.7 Å². The first-order valence-electron chi connectivity index (χ1n) is 8.94. The lowest BCUT2D eigenvalue weighted by Crippen LogP contribution is -2.05. The van der Waals surface area contributed by atoms with E-state index in [0.29, 0.717) is 33.0 Å². The van der Waals surface area contributed by atoms with Crippen molar-refractivity contribution in [2.75, 3.05) is 0 Å². The van der Waals surface area contributed by atoms with Crippen LogP contribution in [0.4, 0.5) is 0 Å².